The summed E-state index contributed by atoms with van der Waals surface area (Å²) in [7, 11) is 0. The Morgan fingerprint density at radius 2 is 2.14 bits per heavy atom. The summed E-state index contributed by atoms with van der Waals surface area (Å²) in [5, 5.41) is 44.4. The van der Waals surface area contributed by atoms with E-state index >= 15 is 0 Å². The van der Waals surface area contributed by atoms with Crippen molar-refractivity contribution in [3.05, 3.63) is 40.5 Å². The van der Waals surface area contributed by atoms with Crippen molar-refractivity contribution in [3.8, 4) is 35.3 Å². The number of phenols is 2. The quantitative estimate of drug-likeness (QED) is 0.0402. The van der Waals surface area contributed by atoms with E-state index in [1.54, 1.807) is 0 Å². The summed E-state index contributed by atoms with van der Waals surface area (Å²) in [6.07, 6.45) is 5.16. The number of nitrogens with one attached hydrogen (secondary N) is 1. The standard InChI is InChI=1S/C24H19N7O8S3/c1-2-5-38-30-15(12-9-41-23(25)26-12)18(34)27-16-20(35)31-17(22(36)37)11(7-40-21(16)31)8-42-24-29-28-19(39-24)10-3-4-13(32)14(33)6-10/h1,3-4,6,9,16,21,32-33H,5,7-8H2,(H2,25,26)(H,27,34)(H,36,37)/b30-15-/t16-,21-/m1/s1. The molecule has 0 saturated carbocycles. The van der Waals surface area contributed by atoms with E-state index in [1.165, 1.54) is 35.3 Å². The number of carbonyl (C=O) groups is 3. The lowest BCUT2D eigenvalue weighted by atomic mass is 10.0. The van der Waals surface area contributed by atoms with Gasteiger partial charge in [0.15, 0.2) is 28.9 Å². The number of carboxylic acids is 1. The number of fused-ring (bicyclic) bond motifs is 1. The second kappa shape index (κ2) is 12.0. The van der Waals surface area contributed by atoms with Gasteiger partial charge in [-0.1, -0.05) is 22.8 Å². The number of terminal acetylenes is 1. The number of anilines is 1. The van der Waals surface area contributed by atoms with Crippen molar-refractivity contribution in [2.45, 2.75) is 16.6 Å². The van der Waals surface area contributed by atoms with Crippen LogP contribution in [0.15, 0.2) is 49.6 Å². The summed E-state index contributed by atoms with van der Waals surface area (Å²) in [5.74, 6) is -0.672. The molecule has 0 spiro atoms. The Labute approximate surface area is 248 Å². The van der Waals surface area contributed by atoms with Gasteiger partial charge in [0.05, 0.1) is 0 Å². The summed E-state index contributed by atoms with van der Waals surface area (Å²) in [4.78, 5) is 48.4. The SMILES string of the molecule is C#CCO/N=C(\C(=O)N[C@@H]1C(=O)N2C(C(=O)O)=C(CSc3nnc(-c4ccc(O)c(O)c4)o3)CS[C@H]12)c1csc(N)n1. The molecule has 1 fully saturated rings. The monoisotopic (exact) mass is 629 g/mol. The lowest BCUT2D eigenvalue weighted by molar-refractivity contribution is -0.150. The van der Waals surface area contributed by atoms with Crippen LogP contribution < -0.4 is 11.1 Å². The maximum atomic E-state index is 13.1. The summed E-state index contributed by atoms with van der Waals surface area (Å²) in [6, 6.07) is 2.99. The van der Waals surface area contributed by atoms with E-state index in [9.17, 15) is 29.7 Å². The van der Waals surface area contributed by atoms with Gasteiger partial charge in [0, 0.05) is 22.4 Å². The second-order valence-corrected chi connectivity index (χ2v) is 11.4. The van der Waals surface area contributed by atoms with Crippen LogP contribution in [0.3, 0.4) is 0 Å². The van der Waals surface area contributed by atoms with Gasteiger partial charge in [0.1, 0.15) is 22.8 Å². The number of nitrogen functional groups attached to an aromatic ring is 1. The Bertz CT molecular complexity index is 1680. The van der Waals surface area contributed by atoms with E-state index in [4.69, 9.17) is 21.4 Å². The van der Waals surface area contributed by atoms with E-state index in [1.807, 2.05) is 0 Å². The number of aromatic hydroxyl groups is 2. The number of hydrogen-bond donors (Lipinski definition) is 5. The van der Waals surface area contributed by atoms with Gasteiger partial charge in [-0.2, -0.15) is 0 Å². The predicted molar refractivity (Wildman–Crippen MR) is 151 cm³/mol. The number of carbonyl (C=O) groups excluding carboxylic acids is 2. The number of nitrogens with two attached hydrogens (primary N) is 1. The van der Waals surface area contributed by atoms with Crippen LogP contribution in [0.1, 0.15) is 5.69 Å². The van der Waals surface area contributed by atoms with Crippen molar-refractivity contribution >= 4 is 63.5 Å². The minimum absolute atomic E-state index is 0.0859. The molecular weight excluding hydrogens is 611 g/mol. The Morgan fingerprint density at radius 3 is 2.83 bits per heavy atom. The number of phenolic OH excluding ortho intramolecular Hbond substituents is 2. The summed E-state index contributed by atoms with van der Waals surface area (Å²) in [6.45, 7) is -0.204. The molecule has 1 aromatic carbocycles. The third kappa shape index (κ3) is 5.70. The van der Waals surface area contributed by atoms with E-state index in [2.05, 4.69) is 31.6 Å². The van der Waals surface area contributed by atoms with Crippen LogP contribution in [-0.4, -0.2) is 88.4 Å². The molecule has 0 radical (unpaired) electrons. The van der Waals surface area contributed by atoms with Crippen molar-refractivity contribution < 1.29 is 39.0 Å². The van der Waals surface area contributed by atoms with E-state index < -0.39 is 29.2 Å². The number of nitrogens with zero attached hydrogens (tertiary/aromatic N) is 5. The zero-order chi connectivity index (χ0) is 30.0. The highest BCUT2D eigenvalue weighted by atomic mass is 32.2. The van der Waals surface area contributed by atoms with Gasteiger partial charge in [-0.25, -0.2) is 9.78 Å². The average Bonchev–Trinajstić information content (AvgIpc) is 3.62. The molecule has 4 heterocycles. The molecule has 5 rings (SSSR count). The fraction of sp³-hybridized carbons (Fsp3) is 0.208. The number of oxime groups is 1. The van der Waals surface area contributed by atoms with E-state index in [0.717, 1.165) is 28.0 Å². The average molecular weight is 630 g/mol. The highest BCUT2D eigenvalue weighted by Gasteiger charge is 2.54. The highest BCUT2D eigenvalue weighted by Crippen LogP contribution is 2.42. The lowest BCUT2D eigenvalue weighted by Crippen LogP contribution is -2.71. The summed E-state index contributed by atoms with van der Waals surface area (Å²) in [5.41, 5.74) is 6.18. The fourth-order valence-electron chi connectivity index (χ4n) is 3.93. The van der Waals surface area contributed by atoms with Gasteiger partial charge < -0.3 is 35.6 Å². The Hall–Kier alpha value is -4.73. The molecule has 18 heteroatoms. The number of aromatic nitrogens is 3. The van der Waals surface area contributed by atoms with Crippen molar-refractivity contribution in [1.29, 1.82) is 0 Å². The normalized spacial score (nSPS) is 18.2. The molecule has 1 saturated heterocycles. The number of carboxylic acid groups (broad SMARTS) is 1. The van der Waals surface area contributed by atoms with Crippen LogP contribution in [0.2, 0.25) is 0 Å². The minimum Gasteiger partial charge on any atom is -0.504 e. The van der Waals surface area contributed by atoms with Crippen LogP contribution in [-0.2, 0) is 19.2 Å². The Morgan fingerprint density at radius 1 is 1.33 bits per heavy atom. The van der Waals surface area contributed by atoms with Gasteiger partial charge >= 0.3 is 5.97 Å². The van der Waals surface area contributed by atoms with Crippen LogP contribution in [0, 0.1) is 12.3 Å². The van der Waals surface area contributed by atoms with Gasteiger partial charge in [0.2, 0.25) is 5.89 Å². The zero-order valence-corrected chi connectivity index (χ0v) is 23.5. The van der Waals surface area contributed by atoms with Crippen LogP contribution in [0.5, 0.6) is 11.5 Å². The molecular formula is C24H19N7O8S3. The largest absolute Gasteiger partial charge is 0.504 e. The van der Waals surface area contributed by atoms with Crippen molar-refractivity contribution in [2.75, 3.05) is 23.8 Å². The van der Waals surface area contributed by atoms with Crippen LogP contribution in [0.25, 0.3) is 11.5 Å². The number of rotatable bonds is 10. The molecule has 2 amide bonds. The Balaban J connectivity index is 1.28. The summed E-state index contributed by atoms with van der Waals surface area (Å²) < 4.78 is 5.59. The summed E-state index contributed by atoms with van der Waals surface area (Å²) >= 11 is 3.42. The maximum Gasteiger partial charge on any atom is 0.352 e. The molecule has 2 aliphatic heterocycles. The number of hydrogen-bond acceptors (Lipinski definition) is 15. The predicted octanol–water partition coefficient (Wildman–Crippen LogP) is 1.07. The smallest absolute Gasteiger partial charge is 0.352 e. The molecule has 216 valence electrons. The zero-order valence-electron chi connectivity index (χ0n) is 21.1. The third-order valence-electron chi connectivity index (χ3n) is 5.82. The van der Waals surface area contributed by atoms with Crippen LogP contribution >= 0.6 is 34.9 Å². The fourth-order valence-corrected chi connectivity index (χ4v) is 6.72. The second-order valence-electron chi connectivity index (χ2n) is 8.47. The molecule has 6 N–H and O–H groups in total. The first-order valence-electron chi connectivity index (χ1n) is 11.7. The van der Waals surface area contributed by atoms with Gasteiger partial charge in [-0.3, -0.25) is 14.5 Å². The van der Waals surface area contributed by atoms with Crippen molar-refractivity contribution in [1.82, 2.24) is 25.4 Å². The Kier molecular flexibility index (Phi) is 8.24. The first-order valence-corrected chi connectivity index (χ1v) is 14.6. The number of benzene rings is 1. The molecule has 2 aliphatic rings. The van der Waals surface area contributed by atoms with E-state index in [0.29, 0.717) is 11.1 Å². The molecule has 42 heavy (non-hydrogen) atoms. The number of amides is 2. The first-order chi connectivity index (χ1) is 20.2. The highest BCUT2D eigenvalue weighted by molar-refractivity contribution is 8.01. The molecule has 0 bridgehead atoms. The number of thiazole rings is 1. The number of β-lactam (4-membered cyclic amide) rings is 1. The topological polar surface area (TPSA) is 227 Å². The molecule has 0 aliphatic carbocycles. The van der Waals surface area contributed by atoms with E-state index in [-0.39, 0.29) is 63.0 Å². The van der Waals surface area contributed by atoms with Crippen molar-refractivity contribution in [2.24, 2.45) is 5.16 Å². The molecule has 2 aromatic heterocycles. The van der Waals surface area contributed by atoms with Crippen LogP contribution in [0.4, 0.5) is 5.13 Å². The molecule has 3 aromatic rings. The maximum absolute atomic E-state index is 13.1. The third-order valence-corrected chi connectivity index (χ3v) is 8.74. The molecule has 2 atom stereocenters. The van der Waals surface area contributed by atoms with Gasteiger partial charge in [-0.05, 0) is 23.8 Å². The molecule has 0 unspecified atom stereocenters. The first kappa shape index (κ1) is 28.8. The lowest BCUT2D eigenvalue weighted by Gasteiger charge is -2.49. The number of aliphatic carboxylic acids is 1. The number of thioether (sulfide) groups is 2. The molecule has 15 nitrogen and oxygen atoms in total. The van der Waals surface area contributed by atoms with Gasteiger partial charge in [-0.15, -0.1) is 39.7 Å². The minimum atomic E-state index is -1.30. The van der Waals surface area contributed by atoms with Crippen molar-refractivity contribution in [3.63, 3.8) is 0 Å². The van der Waals surface area contributed by atoms with Gasteiger partial charge in [0.25, 0.3) is 17.0 Å².